The van der Waals surface area contributed by atoms with Gasteiger partial charge in [-0.25, -0.2) is 9.48 Å². The number of hydrogen-bond donors (Lipinski definition) is 0. The molecule has 188 valence electrons. The Morgan fingerprint density at radius 2 is 1.69 bits per heavy atom. The molecule has 0 bridgehead atoms. The standard InChI is InChI=1S/C27H30ClN5O3/c1-27(2,3)36-26(35)30(4)23-13-14-31(17-23)20-9-11-21(12-10-20)32-15-18-16-33(29-24(18)25(32)34)22-7-5-19(28)6-8-22/h5-12,16,23H,13-15,17H2,1-4H3. The average Bonchev–Trinajstić information content (AvgIpc) is 3.55. The second kappa shape index (κ2) is 9.17. The number of fused-ring (bicyclic) bond motifs is 1. The molecule has 2 aromatic carbocycles. The average molecular weight is 508 g/mol. The second-order valence-corrected chi connectivity index (χ2v) is 10.7. The van der Waals surface area contributed by atoms with Crippen LogP contribution in [-0.2, 0) is 11.3 Å². The number of ether oxygens (including phenoxy) is 1. The normalized spacial score (nSPS) is 17.5. The topological polar surface area (TPSA) is 70.9 Å². The van der Waals surface area contributed by atoms with Gasteiger partial charge in [-0.1, -0.05) is 11.6 Å². The van der Waals surface area contributed by atoms with E-state index in [0.717, 1.165) is 42.1 Å². The Kier molecular flexibility index (Phi) is 6.16. The summed E-state index contributed by atoms with van der Waals surface area (Å²) in [5, 5.41) is 5.18. The minimum absolute atomic E-state index is 0.0904. The molecule has 0 radical (unpaired) electrons. The van der Waals surface area contributed by atoms with E-state index in [-0.39, 0.29) is 18.0 Å². The number of nitrogens with zero attached hydrogens (tertiary/aromatic N) is 5. The van der Waals surface area contributed by atoms with E-state index >= 15 is 0 Å². The van der Waals surface area contributed by atoms with Crippen molar-refractivity contribution in [3.05, 3.63) is 71.0 Å². The van der Waals surface area contributed by atoms with E-state index in [9.17, 15) is 9.59 Å². The summed E-state index contributed by atoms with van der Waals surface area (Å²) in [6.07, 6.45) is 2.48. The molecule has 3 aromatic rings. The van der Waals surface area contributed by atoms with Gasteiger partial charge >= 0.3 is 6.09 Å². The highest BCUT2D eigenvalue weighted by molar-refractivity contribution is 6.30. The summed E-state index contributed by atoms with van der Waals surface area (Å²) < 4.78 is 7.23. The molecule has 2 aliphatic heterocycles. The van der Waals surface area contributed by atoms with Crippen LogP contribution < -0.4 is 9.80 Å². The van der Waals surface area contributed by atoms with Crippen LogP contribution >= 0.6 is 11.6 Å². The zero-order valence-electron chi connectivity index (χ0n) is 20.9. The predicted molar refractivity (Wildman–Crippen MR) is 140 cm³/mol. The van der Waals surface area contributed by atoms with Crippen LogP contribution in [0.3, 0.4) is 0 Å². The van der Waals surface area contributed by atoms with Crippen molar-refractivity contribution < 1.29 is 14.3 Å². The third-order valence-electron chi connectivity index (χ3n) is 6.58. The molecular weight excluding hydrogens is 478 g/mol. The molecule has 1 unspecified atom stereocenters. The molecule has 1 fully saturated rings. The van der Waals surface area contributed by atoms with Crippen LogP contribution in [0.2, 0.25) is 5.02 Å². The maximum atomic E-state index is 13.1. The fraction of sp³-hybridized carbons (Fsp3) is 0.370. The molecule has 1 saturated heterocycles. The number of anilines is 2. The first-order chi connectivity index (χ1) is 17.1. The van der Waals surface area contributed by atoms with Crippen molar-refractivity contribution in [2.75, 3.05) is 29.9 Å². The van der Waals surface area contributed by atoms with Crippen molar-refractivity contribution in [3.63, 3.8) is 0 Å². The maximum Gasteiger partial charge on any atom is 0.410 e. The lowest BCUT2D eigenvalue weighted by molar-refractivity contribution is 0.0238. The summed E-state index contributed by atoms with van der Waals surface area (Å²) in [7, 11) is 1.80. The summed E-state index contributed by atoms with van der Waals surface area (Å²) >= 11 is 5.98. The Balaban J connectivity index is 1.23. The molecule has 2 aliphatic rings. The number of carbonyl (C=O) groups is 2. The molecule has 0 aliphatic carbocycles. The van der Waals surface area contributed by atoms with Gasteiger partial charge in [0.25, 0.3) is 5.91 Å². The lowest BCUT2D eigenvalue weighted by Gasteiger charge is -2.29. The SMILES string of the molecule is CN(C(=O)OC(C)(C)C)C1CCN(c2ccc(N3Cc4cn(-c5ccc(Cl)cc5)nc4C3=O)cc2)C1. The number of likely N-dealkylation sites (N-methyl/N-ethyl adjacent to an activating group) is 1. The van der Waals surface area contributed by atoms with Gasteiger partial charge in [-0.2, -0.15) is 5.10 Å². The van der Waals surface area contributed by atoms with Crippen molar-refractivity contribution in [3.8, 4) is 5.69 Å². The van der Waals surface area contributed by atoms with Crippen molar-refractivity contribution in [2.24, 2.45) is 0 Å². The fourth-order valence-corrected chi connectivity index (χ4v) is 4.75. The van der Waals surface area contributed by atoms with Crippen LogP contribution in [0.1, 0.15) is 43.2 Å². The van der Waals surface area contributed by atoms with E-state index in [0.29, 0.717) is 17.3 Å². The van der Waals surface area contributed by atoms with Gasteiger partial charge in [0, 0.05) is 48.3 Å². The van der Waals surface area contributed by atoms with Crippen molar-refractivity contribution >= 4 is 35.0 Å². The Bertz CT molecular complexity index is 1280. The maximum absolute atomic E-state index is 13.1. The largest absolute Gasteiger partial charge is 0.444 e. The zero-order chi connectivity index (χ0) is 25.6. The number of amides is 2. The Labute approximate surface area is 216 Å². The number of aromatic nitrogens is 2. The molecule has 0 spiro atoms. The van der Waals surface area contributed by atoms with E-state index in [1.807, 2.05) is 63.4 Å². The van der Waals surface area contributed by atoms with E-state index in [1.165, 1.54) is 0 Å². The molecule has 8 nitrogen and oxygen atoms in total. The van der Waals surface area contributed by atoms with Gasteiger partial charge in [0.1, 0.15) is 5.60 Å². The first-order valence-electron chi connectivity index (χ1n) is 12.1. The van der Waals surface area contributed by atoms with Gasteiger partial charge in [0.2, 0.25) is 0 Å². The molecule has 5 rings (SSSR count). The number of benzene rings is 2. The minimum Gasteiger partial charge on any atom is -0.444 e. The summed E-state index contributed by atoms with van der Waals surface area (Å²) in [5.41, 5.74) is 3.62. The smallest absolute Gasteiger partial charge is 0.410 e. The van der Waals surface area contributed by atoms with Crippen molar-refractivity contribution in [1.82, 2.24) is 14.7 Å². The summed E-state index contributed by atoms with van der Waals surface area (Å²) in [4.78, 5) is 31.2. The number of halogens is 1. The van der Waals surface area contributed by atoms with E-state index in [2.05, 4.69) is 10.00 Å². The summed E-state index contributed by atoms with van der Waals surface area (Å²) in [6, 6.07) is 15.4. The number of rotatable bonds is 4. The fourth-order valence-electron chi connectivity index (χ4n) is 4.63. The third-order valence-corrected chi connectivity index (χ3v) is 6.83. The van der Waals surface area contributed by atoms with Gasteiger partial charge in [-0.15, -0.1) is 0 Å². The molecule has 0 N–H and O–H groups in total. The van der Waals surface area contributed by atoms with Gasteiger partial charge < -0.3 is 19.4 Å². The van der Waals surface area contributed by atoms with Gasteiger partial charge in [0.05, 0.1) is 18.3 Å². The van der Waals surface area contributed by atoms with Crippen LogP contribution in [0.5, 0.6) is 0 Å². The molecule has 1 atom stereocenters. The summed E-state index contributed by atoms with van der Waals surface area (Å²) in [5.74, 6) is -0.106. The van der Waals surface area contributed by atoms with Crippen LogP contribution in [0.4, 0.5) is 16.2 Å². The Hall–Kier alpha value is -3.52. The lowest BCUT2D eigenvalue weighted by atomic mass is 10.2. The molecule has 1 aromatic heterocycles. The highest BCUT2D eigenvalue weighted by Gasteiger charge is 2.33. The molecular formula is C27H30ClN5O3. The van der Waals surface area contributed by atoms with Crippen molar-refractivity contribution in [1.29, 1.82) is 0 Å². The zero-order valence-corrected chi connectivity index (χ0v) is 21.7. The quantitative estimate of drug-likeness (QED) is 0.489. The van der Waals surface area contributed by atoms with Gasteiger partial charge in [-0.3, -0.25) is 4.79 Å². The molecule has 3 heterocycles. The number of hydrogen-bond acceptors (Lipinski definition) is 5. The first kappa shape index (κ1) is 24.2. The first-order valence-corrected chi connectivity index (χ1v) is 12.4. The number of carbonyl (C=O) groups excluding carboxylic acids is 2. The monoisotopic (exact) mass is 507 g/mol. The van der Waals surface area contributed by atoms with Crippen LogP contribution in [0.25, 0.3) is 5.69 Å². The molecule has 36 heavy (non-hydrogen) atoms. The lowest BCUT2D eigenvalue weighted by Crippen LogP contribution is -2.42. The van der Waals surface area contributed by atoms with Gasteiger partial charge in [0.15, 0.2) is 5.69 Å². The molecule has 9 heteroatoms. The predicted octanol–water partition coefficient (Wildman–Crippen LogP) is 5.13. The van der Waals surface area contributed by atoms with Crippen LogP contribution in [-0.4, -0.2) is 58.5 Å². The van der Waals surface area contributed by atoms with Crippen LogP contribution in [0, 0.1) is 0 Å². The second-order valence-electron chi connectivity index (χ2n) is 10.3. The molecule has 0 saturated carbocycles. The molecule has 2 amide bonds. The van der Waals surface area contributed by atoms with E-state index in [4.69, 9.17) is 16.3 Å². The van der Waals surface area contributed by atoms with Crippen LogP contribution in [0.15, 0.2) is 54.7 Å². The Morgan fingerprint density at radius 1 is 1.06 bits per heavy atom. The minimum atomic E-state index is -0.513. The highest BCUT2D eigenvalue weighted by atomic mass is 35.5. The Morgan fingerprint density at radius 3 is 2.33 bits per heavy atom. The highest BCUT2D eigenvalue weighted by Crippen LogP contribution is 2.31. The van der Waals surface area contributed by atoms with Crippen molar-refractivity contribution in [2.45, 2.75) is 45.4 Å². The van der Waals surface area contributed by atoms with E-state index < -0.39 is 5.60 Å². The van der Waals surface area contributed by atoms with E-state index in [1.54, 1.807) is 33.7 Å². The third kappa shape index (κ3) is 4.78. The summed E-state index contributed by atoms with van der Waals surface area (Å²) in [6.45, 7) is 7.69. The van der Waals surface area contributed by atoms with Gasteiger partial charge in [-0.05, 0) is 75.7 Å².